The lowest BCUT2D eigenvalue weighted by Gasteiger charge is -2.64. The van der Waals surface area contributed by atoms with Crippen LogP contribution in [0.2, 0.25) is 0 Å². The zero-order valence-electron chi connectivity index (χ0n) is 35.0. The van der Waals surface area contributed by atoms with Gasteiger partial charge in [-0.2, -0.15) is 0 Å². The van der Waals surface area contributed by atoms with E-state index in [-0.39, 0.29) is 56.7 Å². The van der Waals surface area contributed by atoms with Crippen LogP contribution in [0.1, 0.15) is 83.7 Å². The number of esters is 2. The third kappa shape index (κ3) is 8.44. The Morgan fingerprint density at radius 3 is 1.26 bits per heavy atom. The number of benzene rings is 6. The Bertz CT molecular complexity index is 2710. The number of amides is 3. The van der Waals surface area contributed by atoms with E-state index in [2.05, 4.69) is 16.0 Å². The molecule has 0 radical (unpaired) electrons. The second kappa shape index (κ2) is 18.3. The molecule has 0 aromatic heterocycles. The first kappa shape index (κ1) is 44.0. The Labute approximate surface area is 377 Å². The van der Waals surface area contributed by atoms with Crippen molar-refractivity contribution in [3.8, 4) is 11.5 Å². The molecule has 7 N–H and O–H groups in total. The van der Waals surface area contributed by atoms with Gasteiger partial charge in [-0.3, -0.25) is 14.4 Å². The maximum atomic E-state index is 14.5. The molecule has 8 rings (SSSR count). The minimum atomic E-state index is -2.55. The number of ether oxygens (including phenoxy) is 2. The highest BCUT2D eigenvalue weighted by atomic mass is 16.5. The summed E-state index contributed by atoms with van der Waals surface area (Å²) in [6, 6.07) is 38.5. The third-order valence-corrected chi connectivity index (χ3v) is 12.1. The van der Waals surface area contributed by atoms with Crippen LogP contribution in [0.3, 0.4) is 0 Å². The molecule has 2 aliphatic rings. The van der Waals surface area contributed by atoms with Gasteiger partial charge in [-0.15, -0.1) is 0 Å². The first-order valence-electron chi connectivity index (χ1n) is 20.9. The third-order valence-electron chi connectivity index (χ3n) is 12.1. The lowest BCUT2D eigenvalue weighted by atomic mass is 9.43. The normalized spacial score (nSPS) is 19.7. The Morgan fingerprint density at radius 1 is 0.500 bits per heavy atom. The van der Waals surface area contributed by atoms with Crippen molar-refractivity contribution >= 4 is 53.0 Å². The predicted octanol–water partition coefficient (Wildman–Crippen LogP) is 6.83. The van der Waals surface area contributed by atoms with E-state index in [1.165, 1.54) is 97.1 Å². The van der Waals surface area contributed by atoms with E-state index in [1.807, 2.05) is 0 Å². The van der Waals surface area contributed by atoms with Crippen LogP contribution in [0.25, 0.3) is 0 Å². The first-order chi connectivity index (χ1) is 31.8. The van der Waals surface area contributed by atoms with Crippen LogP contribution in [-0.4, -0.2) is 62.9 Å². The molecule has 6 aromatic carbocycles. The summed E-state index contributed by atoms with van der Waals surface area (Å²) in [5.41, 5.74) is 2.05. The van der Waals surface area contributed by atoms with Gasteiger partial charge >= 0.3 is 23.9 Å². The molecule has 2 aliphatic carbocycles. The number of carboxylic acid groups (broad SMARTS) is 2. The number of rotatable bonds is 14. The van der Waals surface area contributed by atoms with Crippen molar-refractivity contribution in [2.24, 2.45) is 5.92 Å². The van der Waals surface area contributed by atoms with Crippen LogP contribution < -0.4 is 31.2 Å². The Hall–Kier alpha value is -8.59. The number of nitrogens with two attached hydrogens (primary N) is 1. The molecule has 332 valence electrons. The summed E-state index contributed by atoms with van der Waals surface area (Å²) in [6.45, 7) is 0. The first-order valence-corrected chi connectivity index (χ1v) is 20.9. The smallest absolute Gasteiger partial charge is 0.343 e. The number of nitrogens with one attached hydrogen (secondary N) is 3. The van der Waals surface area contributed by atoms with Gasteiger partial charge in [0.2, 0.25) is 5.91 Å². The Kier molecular flexibility index (Phi) is 12.2. The van der Waals surface area contributed by atoms with Gasteiger partial charge in [0, 0.05) is 28.4 Å². The van der Waals surface area contributed by atoms with Crippen molar-refractivity contribution in [3.05, 3.63) is 191 Å². The fourth-order valence-corrected chi connectivity index (χ4v) is 8.61. The van der Waals surface area contributed by atoms with Gasteiger partial charge in [-0.05, 0) is 121 Å². The summed E-state index contributed by atoms with van der Waals surface area (Å²) in [5.74, 6) is -10.3. The summed E-state index contributed by atoms with van der Waals surface area (Å²) >= 11 is 0. The van der Waals surface area contributed by atoms with Crippen LogP contribution in [0, 0.1) is 5.92 Å². The van der Waals surface area contributed by atoms with Gasteiger partial charge in [-0.1, -0.05) is 67.1 Å². The van der Waals surface area contributed by atoms with E-state index < -0.39 is 58.6 Å². The maximum absolute atomic E-state index is 14.5. The largest absolute Gasteiger partial charge is 0.479 e. The fourth-order valence-electron chi connectivity index (χ4n) is 8.61. The summed E-state index contributed by atoms with van der Waals surface area (Å²) in [7, 11) is 0. The van der Waals surface area contributed by atoms with Gasteiger partial charge in [0.05, 0.1) is 23.0 Å². The average Bonchev–Trinajstić information content (AvgIpc) is 3.29. The summed E-state index contributed by atoms with van der Waals surface area (Å²) in [6.07, 6.45) is 2.50. The van der Waals surface area contributed by atoms with Crippen molar-refractivity contribution in [1.29, 1.82) is 0 Å². The number of aliphatic carboxylic acids is 2. The quantitative estimate of drug-likeness (QED) is 0.0375. The Balaban J connectivity index is 1.23. The van der Waals surface area contributed by atoms with Gasteiger partial charge in [0.1, 0.15) is 11.5 Å². The standard InChI is InChI=1S/C51H42N4O11/c52-37-22-14-33(15-23-37)44(57)54-50(48(61)62)41(30-18-26-39(27-19-30)65-46(59)35-8-3-1-4-9-35)51(49(63)64,55-45(58)34-16-24-38(25-17-34)53-43(56)32-12-7-13-32)42(50)31-20-28-40(29-21-31)66-47(60)36-10-5-2-6-11-36/h1-6,8-11,14-29,32,41-42H,7,12-13,52H2,(H,53,56)(H,54,57)(H,55,58)(H,61,62)(H,63,64). The number of anilines is 2. The molecule has 0 saturated heterocycles. The van der Waals surface area contributed by atoms with E-state index in [4.69, 9.17) is 15.2 Å². The SMILES string of the molecule is Nc1ccc(C(=O)NC2(C(=O)O)C(c3ccc(OC(=O)c4ccccc4)cc3)C(NC(=O)c3ccc(NC(=O)C4CCC4)cc3)(C(=O)O)C2c2ccc(OC(=O)c3ccccc3)cc2)cc1. The molecule has 66 heavy (non-hydrogen) atoms. The number of hydrogen-bond acceptors (Lipinski definition) is 10. The van der Waals surface area contributed by atoms with E-state index in [9.17, 15) is 43.8 Å². The summed E-state index contributed by atoms with van der Waals surface area (Å²) in [5, 5.41) is 31.2. The second-order valence-electron chi connectivity index (χ2n) is 16.1. The minimum Gasteiger partial charge on any atom is -0.479 e. The maximum Gasteiger partial charge on any atom is 0.343 e. The monoisotopic (exact) mass is 886 g/mol. The predicted molar refractivity (Wildman–Crippen MR) is 240 cm³/mol. The average molecular weight is 887 g/mol. The Morgan fingerprint density at radius 2 is 0.894 bits per heavy atom. The molecule has 0 bridgehead atoms. The molecule has 0 heterocycles. The molecule has 6 aromatic rings. The van der Waals surface area contributed by atoms with Crippen LogP contribution in [-0.2, 0) is 14.4 Å². The number of carbonyl (C=O) groups excluding carboxylic acids is 5. The minimum absolute atomic E-state index is 0.00461. The van der Waals surface area contributed by atoms with Crippen molar-refractivity contribution in [3.63, 3.8) is 0 Å². The van der Waals surface area contributed by atoms with Crippen molar-refractivity contribution in [2.75, 3.05) is 11.1 Å². The summed E-state index contributed by atoms with van der Waals surface area (Å²) < 4.78 is 11.1. The lowest BCUT2D eigenvalue weighted by Crippen LogP contribution is -2.86. The highest BCUT2D eigenvalue weighted by Gasteiger charge is 2.80. The topological polar surface area (TPSA) is 241 Å². The lowest BCUT2D eigenvalue weighted by molar-refractivity contribution is -0.171. The van der Waals surface area contributed by atoms with Crippen LogP contribution in [0.4, 0.5) is 11.4 Å². The van der Waals surface area contributed by atoms with E-state index in [1.54, 1.807) is 60.7 Å². The van der Waals surface area contributed by atoms with Crippen molar-refractivity contribution in [2.45, 2.75) is 42.2 Å². The van der Waals surface area contributed by atoms with Gasteiger partial charge in [0.25, 0.3) is 11.8 Å². The van der Waals surface area contributed by atoms with Crippen molar-refractivity contribution < 1.29 is 53.2 Å². The number of nitrogen functional groups attached to an aromatic ring is 1. The number of hydrogen-bond donors (Lipinski definition) is 6. The molecular weight excluding hydrogens is 845 g/mol. The summed E-state index contributed by atoms with van der Waals surface area (Å²) in [4.78, 5) is 95.7. The van der Waals surface area contributed by atoms with Gasteiger partial charge in [-0.25, -0.2) is 19.2 Å². The van der Waals surface area contributed by atoms with Crippen LogP contribution in [0.15, 0.2) is 158 Å². The second-order valence-corrected chi connectivity index (χ2v) is 16.1. The highest BCUT2D eigenvalue weighted by Crippen LogP contribution is 2.63. The molecule has 0 spiro atoms. The van der Waals surface area contributed by atoms with Crippen LogP contribution >= 0.6 is 0 Å². The molecular formula is C51H42N4O11. The molecule has 2 atom stereocenters. The molecule has 2 saturated carbocycles. The van der Waals surface area contributed by atoms with Gasteiger partial charge in [0.15, 0.2) is 11.1 Å². The van der Waals surface area contributed by atoms with Crippen LogP contribution in [0.5, 0.6) is 11.5 Å². The zero-order valence-corrected chi connectivity index (χ0v) is 35.0. The van der Waals surface area contributed by atoms with Crippen molar-refractivity contribution in [1.82, 2.24) is 10.6 Å². The number of carboxylic acids is 2. The molecule has 3 amide bonds. The molecule has 2 fully saturated rings. The fraction of sp³-hybridized carbons (Fsp3) is 0.157. The van der Waals surface area contributed by atoms with E-state index >= 15 is 0 Å². The zero-order chi connectivity index (χ0) is 46.6. The molecule has 2 unspecified atom stereocenters. The number of carbonyl (C=O) groups is 7. The van der Waals surface area contributed by atoms with E-state index in [0.29, 0.717) is 11.4 Å². The molecule has 15 nitrogen and oxygen atoms in total. The van der Waals surface area contributed by atoms with Gasteiger partial charge < -0.3 is 41.4 Å². The highest BCUT2D eigenvalue weighted by molar-refractivity contribution is 6.06. The molecule has 15 heteroatoms. The van der Waals surface area contributed by atoms with E-state index in [0.717, 1.165) is 19.3 Å². The molecule has 0 aliphatic heterocycles.